The molecule has 5 amide bonds. The summed E-state index contributed by atoms with van der Waals surface area (Å²) in [7, 11) is 3.51. The maximum absolute atomic E-state index is 13.5. The predicted octanol–water partition coefficient (Wildman–Crippen LogP) is -0.605. The maximum Gasteiger partial charge on any atom is 0.245 e. The molecule has 2 aliphatic heterocycles. The zero-order valence-corrected chi connectivity index (χ0v) is 25.2. The van der Waals surface area contributed by atoms with E-state index in [1.165, 1.54) is 0 Å². The molecule has 5 N–H and O–H groups in total. The lowest BCUT2D eigenvalue weighted by Gasteiger charge is -2.54. The molecule has 2 atom stereocenters. The first-order valence-electron chi connectivity index (χ1n) is 14.9. The monoisotopic (exact) mass is 585 g/mol. The summed E-state index contributed by atoms with van der Waals surface area (Å²) in [6.45, 7) is 4.82. The number of hydrogen-bond acceptors (Lipinski definition) is 7. The molecule has 42 heavy (non-hydrogen) atoms. The van der Waals surface area contributed by atoms with Gasteiger partial charge in [-0.15, -0.1) is 0 Å². The lowest BCUT2D eigenvalue weighted by Crippen LogP contribution is -2.62. The molecule has 0 saturated carbocycles. The second kappa shape index (κ2) is 16.2. The normalized spacial score (nSPS) is 17.1. The van der Waals surface area contributed by atoms with Crippen molar-refractivity contribution in [2.45, 2.75) is 57.5 Å². The summed E-state index contributed by atoms with van der Waals surface area (Å²) in [5.41, 5.74) is 0.968. The van der Waals surface area contributed by atoms with Gasteiger partial charge in [-0.05, 0) is 58.3 Å². The molecule has 1 aromatic rings. The summed E-state index contributed by atoms with van der Waals surface area (Å²) in [5.74, 6) is -1.29. The Morgan fingerprint density at radius 1 is 0.833 bits per heavy atom. The molecule has 3 rings (SSSR count). The van der Waals surface area contributed by atoms with Crippen LogP contribution in [0.5, 0.6) is 0 Å². The van der Waals surface area contributed by atoms with E-state index in [0.29, 0.717) is 19.5 Å². The second-order valence-corrected chi connectivity index (χ2v) is 11.5. The number of likely N-dealkylation sites (tertiary alicyclic amines) is 2. The third-order valence-corrected chi connectivity index (χ3v) is 8.13. The van der Waals surface area contributed by atoms with Crippen LogP contribution in [-0.2, 0) is 30.4 Å². The van der Waals surface area contributed by atoms with Crippen molar-refractivity contribution < 1.29 is 24.0 Å². The minimum atomic E-state index is -0.855. The van der Waals surface area contributed by atoms with Crippen LogP contribution in [0.15, 0.2) is 30.3 Å². The molecule has 2 heterocycles. The van der Waals surface area contributed by atoms with Crippen molar-refractivity contribution in [3.8, 4) is 0 Å². The third kappa shape index (κ3) is 9.80. The first-order valence-corrected chi connectivity index (χ1v) is 14.9. The van der Waals surface area contributed by atoms with Crippen LogP contribution in [0.25, 0.3) is 0 Å². The molecule has 2 aliphatic rings. The van der Waals surface area contributed by atoms with E-state index in [2.05, 4.69) is 26.6 Å². The number of amides is 5. The zero-order chi connectivity index (χ0) is 30.5. The van der Waals surface area contributed by atoms with Crippen molar-refractivity contribution in [1.82, 2.24) is 36.4 Å². The molecule has 12 nitrogen and oxygen atoms in total. The number of nitrogens with one attached hydrogen (secondary N) is 5. The summed E-state index contributed by atoms with van der Waals surface area (Å²) in [5, 5.41) is 14.1. The van der Waals surface area contributed by atoms with Gasteiger partial charge in [0.1, 0.15) is 12.1 Å². The summed E-state index contributed by atoms with van der Waals surface area (Å²) in [4.78, 5) is 67.0. The van der Waals surface area contributed by atoms with Crippen molar-refractivity contribution in [3.05, 3.63) is 35.9 Å². The zero-order valence-electron chi connectivity index (χ0n) is 25.2. The van der Waals surface area contributed by atoms with Crippen molar-refractivity contribution in [2.24, 2.45) is 5.41 Å². The van der Waals surface area contributed by atoms with Gasteiger partial charge in [0.05, 0.1) is 13.1 Å². The summed E-state index contributed by atoms with van der Waals surface area (Å²) < 4.78 is 0. The standard InChI is InChI=1S/C30H47N7O5/c1-22(38)37-20-30(21-37)12-15-36(16-13-30)29(42)24(11-7-8-14-31-2)34-27(40)19-33-28(41)25(35-26(39)18-32-3)17-23-9-5-4-6-10-23/h4-6,9-10,24-25,31-32H,7-8,11-21H2,1-3H3,(H,33,41)(H,34,40)(H,35,39). The van der Waals surface area contributed by atoms with E-state index >= 15 is 0 Å². The third-order valence-electron chi connectivity index (χ3n) is 8.13. The maximum atomic E-state index is 13.5. The lowest BCUT2D eigenvalue weighted by atomic mass is 9.72. The fourth-order valence-corrected chi connectivity index (χ4v) is 5.63. The van der Waals surface area contributed by atoms with Gasteiger partial charge in [-0.2, -0.15) is 0 Å². The number of carbonyl (C=O) groups is 5. The summed E-state index contributed by atoms with van der Waals surface area (Å²) >= 11 is 0. The highest BCUT2D eigenvalue weighted by Gasteiger charge is 2.46. The van der Waals surface area contributed by atoms with Crippen LogP contribution in [0, 0.1) is 5.41 Å². The Morgan fingerprint density at radius 3 is 2.10 bits per heavy atom. The van der Waals surface area contributed by atoms with Gasteiger partial charge in [-0.3, -0.25) is 24.0 Å². The van der Waals surface area contributed by atoms with Crippen LogP contribution in [0.1, 0.15) is 44.6 Å². The van der Waals surface area contributed by atoms with E-state index in [4.69, 9.17) is 0 Å². The van der Waals surface area contributed by atoms with Gasteiger partial charge in [0.25, 0.3) is 0 Å². The first-order chi connectivity index (χ1) is 20.2. The topological polar surface area (TPSA) is 152 Å². The van der Waals surface area contributed by atoms with Gasteiger partial charge < -0.3 is 36.4 Å². The Labute approximate surface area is 248 Å². The van der Waals surface area contributed by atoms with Crippen LogP contribution < -0.4 is 26.6 Å². The first kappa shape index (κ1) is 33.0. The van der Waals surface area contributed by atoms with Crippen LogP contribution in [0.3, 0.4) is 0 Å². The van der Waals surface area contributed by atoms with Crippen molar-refractivity contribution in [3.63, 3.8) is 0 Å². The van der Waals surface area contributed by atoms with Gasteiger partial charge >= 0.3 is 0 Å². The van der Waals surface area contributed by atoms with Crippen LogP contribution >= 0.6 is 0 Å². The number of likely N-dealkylation sites (N-methyl/N-ethyl adjacent to an activating group) is 1. The van der Waals surface area contributed by atoms with Crippen molar-refractivity contribution in [2.75, 3.05) is 59.9 Å². The minimum Gasteiger partial charge on any atom is -0.345 e. The highest BCUT2D eigenvalue weighted by molar-refractivity contribution is 5.93. The highest BCUT2D eigenvalue weighted by atomic mass is 16.2. The average Bonchev–Trinajstić information content (AvgIpc) is 2.96. The van der Waals surface area contributed by atoms with E-state index in [1.54, 1.807) is 14.0 Å². The molecule has 12 heteroatoms. The number of hydrogen-bond donors (Lipinski definition) is 5. The van der Waals surface area contributed by atoms with Gasteiger partial charge in [-0.25, -0.2) is 0 Å². The van der Waals surface area contributed by atoms with E-state index in [1.807, 2.05) is 47.2 Å². The van der Waals surface area contributed by atoms with Crippen molar-refractivity contribution >= 4 is 29.5 Å². The van der Waals surface area contributed by atoms with E-state index in [0.717, 1.165) is 50.9 Å². The van der Waals surface area contributed by atoms with E-state index in [9.17, 15) is 24.0 Å². The number of rotatable bonds is 15. The Bertz CT molecular complexity index is 1070. The molecule has 0 aliphatic carbocycles. The largest absolute Gasteiger partial charge is 0.345 e. The lowest BCUT2D eigenvalue weighted by molar-refractivity contribution is -0.149. The molecule has 0 bridgehead atoms. The average molecular weight is 586 g/mol. The van der Waals surface area contributed by atoms with E-state index < -0.39 is 23.9 Å². The second-order valence-electron chi connectivity index (χ2n) is 11.5. The van der Waals surface area contributed by atoms with Crippen LogP contribution in [0.4, 0.5) is 0 Å². The molecular weight excluding hydrogens is 538 g/mol. The summed E-state index contributed by atoms with van der Waals surface area (Å²) in [6.07, 6.45) is 4.06. The Kier molecular flexibility index (Phi) is 12.7. The molecule has 232 valence electrons. The number of unbranched alkanes of at least 4 members (excludes halogenated alkanes) is 1. The molecule has 2 saturated heterocycles. The molecule has 0 radical (unpaired) electrons. The molecule has 2 unspecified atom stereocenters. The SMILES string of the molecule is CNCCCCC(NC(=O)CNC(=O)C(Cc1ccccc1)NC(=O)CNC)C(=O)N1CCC2(CC1)CN(C(C)=O)C2. The van der Waals surface area contributed by atoms with Gasteiger partial charge in [0.2, 0.25) is 29.5 Å². The van der Waals surface area contributed by atoms with Gasteiger partial charge in [-0.1, -0.05) is 30.3 Å². The highest BCUT2D eigenvalue weighted by Crippen LogP contribution is 2.40. The van der Waals surface area contributed by atoms with Gasteiger partial charge in [0.15, 0.2) is 0 Å². The Balaban J connectivity index is 1.55. The Morgan fingerprint density at radius 2 is 1.48 bits per heavy atom. The number of benzene rings is 1. The molecular formula is C30H47N7O5. The predicted molar refractivity (Wildman–Crippen MR) is 159 cm³/mol. The minimum absolute atomic E-state index is 0.0585. The smallest absolute Gasteiger partial charge is 0.245 e. The fourth-order valence-electron chi connectivity index (χ4n) is 5.63. The molecule has 1 spiro atoms. The number of nitrogens with zero attached hydrogens (tertiary/aromatic N) is 2. The Hall–Kier alpha value is -3.51. The molecule has 2 fully saturated rings. The van der Waals surface area contributed by atoms with E-state index in [-0.39, 0.29) is 42.6 Å². The molecule has 0 aromatic heterocycles. The quantitative estimate of drug-likeness (QED) is 0.172. The number of carbonyl (C=O) groups excluding carboxylic acids is 5. The van der Waals surface area contributed by atoms with Crippen LogP contribution in [0.2, 0.25) is 0 Å². The van der Waals surface area contributed by atoms with Gasteiger partial charge in [0, 0.05) is 44.9 Å². The molecule has 1 aromatic carbocycles. The number of piperidine rings is 1. The van der Waals surface area contributed by atoms with Crippen molar-refractivity contribution in [1.29, 1.82) is 0 Å². The fraction of sp³-hybridized carbons (Fsp3) is 0.633. The summed E-state index contributed by atoms with van der Waals surface area (Å²) in [6, 6.07) is 7.78. The van der Waals surface area contributed by atoms with Crippen LogP contribution in [-0.4, -0.2) is 111 Å².